The van der Waals surface area contributed by atoms with Crippen LogP contribution in [0.2, 0.25) is 0 Å². The summed E-state index contributed by atoms with van der Waals surface area (Å²) in [7, 11) is 2.34. The highest BCUT2D eigenvalue weighted by Gasteiger charge is 2.26. The highest BCUT2D eigenvalue weighted by atomic mass is 15.1. The Morgan fingerprint density at radius 3 is 2.90 bits per heavy atom. The van der Waals surface area contributed by atoms with Crippen LogP contribution in [-0.2, 0) is 0 Å². The molecule has 0 spiro atoms. The van der Waals surface area contributed by atoms with Gasteiger partial charge in [0, 0.05) is 30.7 Å². The molecule has 0 saturated heterocycles. The van der Waals surface area contributed by atoms with Crippen LogP contribution in [0.5, 0.6) is 0 Å². The van der Waals surface area contributed by atoms with Crippen LogP contribution in [0.25, 0.3) is 0 Å². The van der Waals surface area contributed by atoms with Crippen LogP contribution in [0, 0.1) is 5.92 Å². The molecule has 1 aromatic carbocycles. The largest absolute Gasteiger partial charge is 0.385 e. The van der Waals surface area contributed by atoms with E-state index in [1.807, 2.05) is 0 Å². The summed E-state index contributed by atoms with van der Waals surface area (Å²) in [5, 5.41) is 3.53. The fourth-order valence-electron chi connectivity index (χ4n) is 4.04. The molecular formula is C18H28N2. The van der Waals surface area contributed by atoms with Crippen molar-refractivity contribution in [3.8, 4) is 0 Å². The predicted molar refractivity (Wildman–Crippen MR) is 86.3 cm³/mol. The summed E-state index contributed by atoms with van der Waals surface area (Å²) in [5.74, 6) is 1.62. The van der Waals surface area contributed by atoms with Gasteiger partial charge in [-0.1, -0.05) is 38.0 Å². The molecule has 0 amide bonds. The lowest BCUT2D eigenvalue weighted by molar-refractivity contribution is 0.154. The summed E-state index contributed by atoms with van der Waals surface area (Å²) in [6, 6.07) is 9.66. The number of nitrogens with zero attached hydrogens (tertiary/aromatic N) is 1. The first-order valence-corrected chi connectivity index (χ1v) is 8.27. The van der Waals surface area contributed by atoms with Crippen LogP contribution >= 0.6 is 0 Å². The van der Waals surface area contributed by atoms with Gasteiger partial charge in [-0.15, -0.1) is 0 Å². The third-order valence-electron chi connectivity index (χ3n) is 5.25. The Morgan fingerprint density at radius 2 is 2.05 bits per heavy atom. The lowest BCUT2D eigenvalue weighted by Gasteiger charge is -2.37. The van der Waals surface area contributed by atoms with Crippen LogP contribution in [0.3, 0.4) is 0 Å². The Kier molecular flexibility index (Phi) is 4.30. The van der Waals surface area contributed by atoms with E-state index in [-0.39, 0.29) is 0 Å². The molecule has 2 nitrogen and oxygen atoms in total. The van der Waals surface area contributed by atoms with E-state index < -0.39 is 0 Å². The molecule has 0 aromatic heterocycles. The average molecular weight is 272 g/mol. The number of hydrogen-bond acceptors (Lipinski definition) is 2. The predicted octanol–water partition coefficient (Wildman–Crippen LogP) is 4.10. The summed E-state index contributed by atoms with van der Waals surface area (Å²) in [5.41, 5.74) is 2.88. The second-order valence-corrected chi connectivity index (χ2v) is 6.86. The number of para-hydroxylation sites is 1. The number of likely N-dealkylation sites (N-methyl/N-ethyl adjacent to an activating group) is 1. The molecule has 2 heteroatoms. The van der Waals surface area contributed by atoms with Gasteiger partial charge in [0.05, 0.1) is 0 Å². The Hall–Kier alpha value is -1.02. The van der Waals surface area contributed by atoms with Gasteiger partial charge in [-0.3, -0.25) is 0 Å². The van der Waals surface area contributed by atoms with Crippen molar-refractivity contribution in [2.24, 2.45) is 5.92 Å². The van der Waals surface area contributed by atoms with Gasteiger partial charge < -0.3 is 10.2 Å². The molecule has 110 valence electrons. The van der Waals surface area contributed by atoms with Gasteiger partial charge in [0.25, 0.3) is 0 Å². The van der Waals surface area contributed by atoms with E-state index in [4.69, 9.17) is 0 Å². The maximum atomic E-state index is 3.53. The first-order chi connectivity index (χ1) is 9.74. The van der Waals surface area contributed by atoms with Crippen molar-refractivity contribution in [3.63, 3.8) is 0 Å². The van der Waals surface area contributed by atoms with Gasteiger partial charge in [0.15, 0.2) is 0 Å². The Labute approximate surface area is 123 Å². The van der Waals surface area contributed by atoms with Crippen molar-refractivity contribution in [2.75, 3.05) is 25.5 Å². The van der Waals surface area contributed by atoms with E-state index in [1.54, 1.807) is 0 Å². The topological polar surface area (TPSA) is 15.3 Å². The van der Waals surface area contributed by atoms with Crippen LogP contribution in [0.1, 0.15) is 50.5 Å². The second kappa shape index (κ2) is 6.17. The van der Waals surface area contributed by atoms with Crippen molar-refractivity contribution >= 4 is 5.69 Å². The van der Waals surface area contributed by atoms with Crippen LogP contribution in [0.4, 0.5) is 5.69 Å². The van der Waals surface area contributed by atoms with E-state index in [0.29, 0.717) is 5.92 Å². The zero-order valence-electron chi connectivity index (χ0n) is 12.9. The first kappa shape index (κ1) is 13.9. The molecule has 1 saturated carbocycles. The molecule has 1 aliphatic carbocycles. The fraction of sp³-hybridized carbons (Fsp3) is 0.667. The van der Waals surface area contributed by atoms with E-state index >= 15 is 0 Å². The van der Waals surface area contributed by atoms with E-state index in [2.05, 4.69) is 48.5 Å². The lowest BCUT2D eigenvalue weighted by Crippen LogP contribution is -2.39. The summed E-state index contributed by atoms with van der Waals surface area (Å²) in [6.45, 7) is 4.76. The van der Waals surface area contributed by atoms with Gasteiger partial charge in [-0.25, -0.2) is 0 Å². The SMILES string of the molecule is CC1CCCC(N(C)CC2CCNc3ccccc32)C1. The number of hydrogen-bond donors (Lipinski definition) is 1. The van der Waals surface area contributed by atoms with Crippen LogP contribution in [0.15, 0.2) is 24.3 Å². The summed E-state index contributed by atoms with van der Waals surface area (Å²) in [6.07, 6.45) is 6.90. The van der Waals surface area contributed by atoms with Gasteiger partial charge >= 0.3 is 0 Å². The molecule has 1 N–H and O–H groups in total. The van der Waals surface area contributed by atoms with Crippen molar-refractivity contribution in [1.82, 2.24) is 4.90 Å². The number of nitrogens with one attached hydrogen (secondary N) is 1. The standard InChI is InChI=1S/C18H28N2/c1-14-6-5-7-16(12-14)20(2)13-15-10-11-19-18-9-4-3-8-17(15)18/h3-4,8-9,14-16,19H,5-7,10-13H2,1-2H3. The molecule has 1 aliphatic heterocycles. The highest BCUT2D eigenvalue weighted by Crippen LogP contribution is 2.33. The summed E-state index contributed by atoms with van der Waals surface area (Å²) >= 11 is 0. The maximum absolute atomic E-state index is 3.53. The summed E-state index contributed by atoms with van der Waals surface area (Å²) in [4.78, 5) is 2.64. The quantitative estimate of drug-likeness (QED) is 0.891. The minimum atomic E-state index is 0.703. The van der Waals surface area contributed by atoms with E-state index in [9.17, 15) is 0 Å². The zero-order valence-corrected chi connectivity index (χ0v) is 12.9. The monoisotopic (exact) mass is 272 g/mol. The Morgan fingerprint density at radius 1 is 1.20 bits per heavy atom. The smallest absolute Gasteiger partial charge is 0.0376 e. The molecule has 1 heterocycles. The number of fused-ring (bicyclic) bond motifs is 1. The van der Waals surface area contributed by atoms with E-state index in [0.717, 1.165) is 18.5 Å². The van der Waals surface area contributed by atoms with Crippen LogP contribution < -0.4 is 5.32 Å². The van der Waals surface area contributed by atoms with Crippen molar-refractivity contribution < 1.29 is 0 Å². The second-order valence-electron chi connectivity index (χ2n) is 6.86. The van der Waals surface area contributed by atoms with Crippen molar-refractivity contribution in [1.29, 1.82) is 0 Å². The first-order valence-electron chi connectivity index (χ1n) is 8.27. The third kappa shape index (κ3) is 3.01. The van der Waals surface area contributed by atoms with Crippen molar-refractivity contribution in [3.05, 3.63) is 29.8 Å². The third-order valence-corrected chi connectivity index (χ3v) is 5.25. The molecule has 3 rings (SSSR count). The molecule has 1 fully saturated rings. The lowest BCUT2D eigenvalue weighted by atomic mass is 9.85. The molecule has 1 aromatic rings. The molecule has 0 bridgehead atoms. The molecule has 3 unspecified atom stereocenters. The average Bonchev–Trinajstić information content (AvgIpc) is 2.47. The molecule has 3 atom stereocenters. The maximum Gasteiger partial charge on any atom is 0.0376 e. The highest BCUT2D eigenvalue weighted by molar-refractivity contribution is 5.54. The number of anilines is 1. The van der Waals surface area contributed by atoms with Crippen molar-refractivity contribution in [2.45, 2.75) is 51.0 Å². The molecule has 20 heavy (non-hydrogen) atoms. The Balaban J connectivity index is 1.66. The minimum absolute atomic E-state index is 0.703. The fourth-order valence-corrected chi connectivity index (χ4v) is 4.04. The molecular weight excluding hydrogens is 244 g/mol. The van der Waals surface area contributed by atoms with Crippen LogP contribution in [-0.4, -0.2) is 31.1 Å². The molecule has 2 aliphatic rings. The van der Waals surface area contributed by atoms with Gasteiger partial charge in [0.2, 0.25) is 0 Å². The molecule has 0 radical (unpaired) electrons. The number of benzene rings is 1. The summed E-state index contributed by atoms with van der Waals surface area (Å²) < 4.78 is 0. The Bertz CT molecular complexity index is 443. The van der Waals surface area contributed by atoms with E-state index in [1.165, 1.54) is 49.9 Å². The zero-order chi connectivity index (χ0) is 13.9. The normalized spacial score (nSPS) is 29.9. The van der Waals surface area contributed by atoms with Gasteiger partial charge in [-0.05, 0) is 43.9 Å². The van der Waals surface area contributed by atoms with Gasteiger partial charge in [0.1, 0.15) is 0 Å². The minimum Gasteiger partial charge on any atom is -0.385 e. The number of rotatable bonds is 3. The van der Waals surface area contributed by atoms with Gasteiger partial charge in [-0.2, -0.15) is 0 Å².